The summed E-state index contributed by atoms with van der Waals surface area (Å²) in [5.74, 6) is 1.01. The van der Waals surface area contributed by atoms with Gasteiger partial charge in [0, 0.05) is 5.02 Å². The van der Waals surface area contributed by atoms with Gasteiger partial charge in [-0.1, -0.05) is 29.8 Å². The van der Waals surface area contributed by atoms with Crippen molar-refractivity contribution in [3.63, 3.8) is 0 Å². The summed E-state index contributed by atoms with van der Waals surface area (Å²) in [5, 5.41) is 3.08. The van der Waals surface area contributed by atoms with Crippen molar-refractivity contribution in [2.45, 2.75) is 11.0 Å². The average Bonchev–Trinajstić information content (AvgIpc) is 2.86. The number of amides is 1. The maximum Gasteiger partial charge on any atom is 0.264 e. The first-order valence-electron chi connectivity index (χ1n) is 10.5. The normalized spacial score (nSPS) is 15.1. The first-order valence-corrected chi connectivity index (χ1v) is 12.3. The Hall–Kier alpha value is -3.43. The van der Waals surface area contributed by atoms with Gasteiger partial charge in [-0.25, -0.2) is 8.42 Å². The molecule has 0 aromatic heterocycles. The average molecular weight is 503 g/mol. The first kappa shape index (κ1) is 23.7. The number of anilines is 1. The van der Waals surface area contributed by atoms with E-state index < -0.39 is 22.0 Å². The van der Waals surface area contributed by atoms with E-state index >= 15 is 0 Å². The number of hydrogen-bond acceptors (Lipinski definition) is 6. The fraction of sp³-hybridized carbons (Fsp3) is 0.208. The van der Waals surface area contributed by atoms with Crippen LogP contribution in [0.3, 0.4) is 0 Å². The molecule has 34 heavy (non-hydrogen) atoms. The van der Waals surface area contributed by atoms with E-state index in [1.54, 1.807) is 24.3 Å². The quantitative estimate of drug-likeness (QED) is 0.474. The Bertz CT molecular complexity index is 1250. The number of nitrogens with zero attached hydrogens (tertiary/aromatic N) is 1. The molecule has 1 aliphatic heterocycles. The molecule has 1 heterocycles. The second-order valence-electron chi connectivity index (χ2n) is 7.38. The van der Waals surface area contributed by atoms with Crippen LogP contribution in [0.2, 0.25) is 5.02 Å². The van der Waals surface area contributed by atoms with Crippen LogP contribution in [-0.2, 0) is 14.8 Å². The van der Waals surface area contributed by atoms with E-state index in [0.717, 1.165) is 4.31 Å². The van der Waals surface area contributed by atoms with E-state index in [2.05, 4.69) is 5.32 Å². The van der Waals surface area contributed by atoms with Gasteiger partial charge < -0.3 is 19.5 Å². The molecule has 0 fully saturated rings. The van der Waals surface area contributed by atoms with E-state index in [0.29, 0.717) is 16.5 Å². The third-order valence-electron chi connectivity index (χ3n) is 5.14. The minimum Gasteiger partial charge on any atom is -0.497 e. The van der Waals surface area contributed by atoms with Gasteiger partial charge in [-0.2, -0.15) is 0 Å². The lowest BCUT2D eigenvalue weighted by Crippen LogP contribution is -2.51. The van der Waals surface area contributed by atoms with Crippen LogP contribution in [0, 0.1) is 0 Å². The molecule has 3 aromatic rings. The fourth-order valence-electron chi connectivity index (χ4n) is 3.44. The number of para-hydroxylation sites is 1. The van der Waals surface area contributed by atoms with Crippen LogP contribution >= 0.6 is 11.6 Å². The van der Waals surface area contributed by atoms with Gasteiger partial charge in [0.15, 0.2) is 6.10 Å². The summed E-state index contributed by atoms with van der Waals surface area (Å²) < 4.78 is 44.6. The van der Waals surface area contributed by atoms with Gasteiger partial charge in [-0.05, 0) is 54.6 Å². The highest BCUT2D eigenvalue weighted by atomic mass is 35.5. The largest absolute Gasteiger partial charge is 0.497 e. The number of benzene rings is 3. The summed E-state index contributed by atoms with van der Waals surface area (Å²) in [5.41, 5.74) is 0.264. The Kier molecular flexibility index (Phi) is 7.14. The van der Waals surface area contributed by atoms with Crippen molar-refractivity contribution in [3.8, 4) is 17.2 Å². The molecule has 1 atom stereocenters. The lowest BCUT2D eigenvalue weighted by molar-refractivity contribution is -0.127. The van der Waals surface area contributed by atoms with Gasteiger partial charge in [0.25, 0.3) is 15.9 Å². The van der Waals surface area contributed by atoms with Crippen LogP contribution in [0.5, 0.6) is 17.2 Å². The van der Waals surface area contributed by atoms with E-state index in [1.807, 2.05) is 30.3 Å². The van der Waals surface area contributed by atoms with Gasteiger partial charge in [0.2, 0.25) is 0 Å². The molecule has 1 unspecified atom stereocenters. The van der Waals surface area contributed by atoms with Gasteiger partial charge in [-0.3, -0.25) is 9.10 Å². The Balaban J connectivity index is 1.51. The van der Waals surface area contributed by atoms with Gasteiger partial charge >= 0.3 is 0 Å². The minimum atomic E-state index is -4.01. The summed E-state index contributed by atoms with van der Waals surface area (Å²) in [6, 6.07) is 19.9. The molecule has 1 aliphatic rings. The highest BCUT2D eigenvalue weighted by molar-refractivity contribution is 7.92. The number of ether oxygens (including phenoxy) is 3. The number of sulfonamides is 1. The van der Waals surface area contributed by atoms with Crippen molar-refractivity contribution in [2.75, 3.05) is 31.1 Å². The molecule has 0 bridgehead atoms. The monoisotopic (exact) mass is 502 g/mol. The van der Waals surface area contributed by atoms with E-state index in [-0.39, 0.29) is 36.0 Å². The number of methoxy groups -OCH3 is 1. The van der Waals surface area contributed by atoms with Crippen molar-refractivity contribution >= 4 is 33.2 Å². The molecule has 0 saturated heterocycles. The van der Waals surface area contributed by atoms with Crippen LogP contribution in [-0.4, -0.2) is 47.2 Å². The second kappa shape index (κ2) is 10.2. The second-order valence-corrected chi connectivity index (χ2v) is 9.68. The number of hydrogen-bond donors (Lipinski definition) is 1. The lowest BCUT2D eigenvalue weighted by Gasteiger charge is -2.34. The zero-order valence-corrected chi connectivity index (χ0v) is 19.9. The number of carbonyl (C=O) groups excluding carboxylic acids is 1. The molecular weight excluding hydrogens is 480 g/mol. The molecule has 10 heteroatoms. The SMILES string of the molecule is COc1ccc(S(=O)(=O)N2CC(C(=O)NCCOc3ccccc3)Oc3ccc(Cl)cc32)cc1. The topological polar surface area (TPSA) is 94.2 Å². The lowest BCUT2D eigenvalue weighted by atomic mass is 10.2. The molecule has 3 aromatic carbocycles. The Morgan fingerprint density at radius 1 is 1.09 bits per heavy atom. The number of carbonyl (C=O) groups is 1. The van der Waals surface area contributed by atoms with Crippen LogP contribution < -0.4 is 23.8 Å². The molecule has 0 aliphatic carbocycles. The number of rotatable bonds is 8. The molecule has 0 saturated carbocycles. The molecule has 178 valence electrons. The van der Waals surface area contributed by atoms with E-state index in [4.69, 9.17) is 25.8 Å². The van der Waals surface area contributed by atoms with Crippen LogP contribution in [0.25, 0.3) is 0 Å². The maximum atomic E-state index is 13.5. The van der Waals surface area contributed by atoms with Crippen molar-refractivity contribution in [3.05, 3.63) is 77.8 Å². The summed E-state index contributed by atoms with van der Waals surface area (Å²) in [6.07, 6.45) is -1.06. The van der Waals surface area contributed by atoms with Crippen molar-refractivity contribution in [1.82, 2.24) is 5.32 Å². The number of fused-ring (bicyclic) bond motifs is 1. The van der Waals surface area contributed by atoms with Crippen molar-refractivity contribution < 1.29 is 27.4 Å². The Labute approximate surface area is 203 Å². The molecule has 1 N–H and O–H groups in total. The van der Waals surface area contributed by atoms with E-state index in [1.165, 1.54) is 25.3 Å². The molecule has 0 spiro atoms. The van der Waals surface area contributed by atoms with Crippen LogP contribution in [0.4, 0.5) is 5.69 Å². The molecular formula is C24H23ClN2O6S. The smallest absolute Gasteiger partial charge is 0.264 e. The zero-order chi connectivity index (χ0) is 24.1. The Morgan fingerprint density at radius 2 is 1.82 bits per heavy atom. The van der Waals surface area contributed by atoms with Gasteiger partial charge in [0.1, 0.15) is 23.9 Å². The third kappa shape index (κ3) is 5.21. The standard InChI is InChI=1S/C24H23ClN2O6S/c1-31-18-8-10-20(11-9-18)34(29,30)27-16-23(33-22-12-7-17(25)15-21(22)27)24(28)26-13-14-32-19-5-3-2-4-6-19/h2-12,15,23H,13-14,16H2,1H3,(H,26,28). The maximum absolute atomic E-state index is 13.5. The number of nitrogens with one attached hydrogen (secondary N) is 1. The molecule has 8 nitrogen and oxygen atoms in total. The third-order valence-corrected chi connectivity index (χ3v) is 7.17. The van der Waals surface area contributed by atoms with E-state index in [9.17, 15) is 13.2 Å². The predicted octanol–water partition coefficient (Wildman–Crippen LogP) is 3.50. The molecule has 4 rings (SSSR count). The first-order chi connectivity index (χ1) is 16.4. The Morgan fingerprint density at radius 3 is 2.53 bits per heavy atom. The summed E-state index contributed by atoms with van der Waals surface area (Å²) in [4.78, 5) is 12.9. The highest BCUT2D eigenvalue weighted by Crippen LogP contribution is 2.39. The van der Waals surface area contributed by atoms with Crippen molar-refractivity contribution in [2.24, 2.45) is 0 Å². The minimum absolute atomic E-state index is 0.0524. The zero-order valence-electron chi connectivity index (χ0n) is 18.3. The van der Waals surface area contributed by atoms with Gasteiger partial charge in [0.05, 0.1) is 30.8 Å². The van der Waals surface area contributed by atoms with Crippen LogP contribution in [0.1, 0.15) is 0 Å². The predicted molar refractivity (Wildman–Crippen MR) is 128 cm³/mol. The van der Waals surface area contributed by atoms with Crippen molar-refractivity contribution in [1.29, 1.82) is 0 Å². The summed E-state index contributed by atoms with van der Waals surface area (Å²) in [7, 11) is -2.51. The highest BCUT2D eigenvalue weighted by Gasteiger charge is 2.37. The van der Waals surface area contributed by atoms with Crippen LogP contribution in [0.15, 0.2) is 77.7 Å². The summed E-state index contributed by atoms with van der Waals surface area (Å²) >= 11 is 6.12. The molecule has 0 radical (unpaired) electrons. The fourth-order valence-corrected chi connectivity index (χ4v) is 5.07. The number of halogens is 1. The molecule has 1 amide bonds. The summed E-state index contributed by atoms with van der Waals surface area (Å²) in [6.45, 7) is 0.266. The van der Waals surface area contributed by atoms with Gasteiger partial charge in [-0.15, -0.1) is 0 Å².